The molecule has 3 aromatic rings. The van der Waals surface area contributed by atoms with Gasteiger partial charge in [-0.3, -0.25) is 9.36 Å². The van der Waals surface area contributed by atoms with Crippen molar-refractivity contribution in [3.05, 3.63) is 52.7 Å². The van der Waals surface area contributed by atoms with Gasteiger partial charge in [0.05, 0.1) is 17.9 Å². The van der Waals surface area contributed by atoms with Gasteiger partial charge in [0.25, 0.3) is 0 Å². The van der Waals surface area contributed by atoms with Crippen LogP contribution in [0.25, 0.3) is 5.69 Å². The van der Waals surface area contributed by atoms with E-state index in [-0.39, 0.29) is 18.3 Å². The predicted molar refractivity (Wildman–Crippen MR) is 110 cm³/mol. The van der Waals surface area contributed by atoms with Crippen molar-refractivity contribution < 1.29 is 14.3 Å². The van der Waals surface area contributed by atoms with E-state index in [0.29, 0.717) is 15.7 Å². The molecule has 0 saturated heterocycles. The molecule has 0 fully saturated rings. The highest BCUT2D eigenvalue weighted by molar-refractivity contribution is 7.99. The minimum absolute atomic E-state index is 0.143. The topological polar surface area (TPSA) is 86.1 Å². The van der Waals surface area contributed by atoms with Crippen LogP contribution in [-0.2, 0) is 9.53 Å². The van der Waals surface area contributed by atoms with E-state index < -0.39 is 5.97 Å². The summed E-state index contributed by atoms with van der Waals surface area (Å²) < 4.78 is 6.94. The number of benzene rings is 1. The van der Waals surface area contributed by atoms with Crippen molar-refractivity contribution in [2.45, 2.75) is 25.9 Å². The summed E-state index contributed by atoms with van der Waals surface area (Å²) in [6, 6.07) is 9.66. The summed E-state index contributed by atoms with van der Waals surface area (Å²) in [6.07, 6.45) is 1.61. The Morgan fingerprint density at radius 2 is 2.00 bits per heavy atom. The number of nitrogens with one attached hydrogen (secondary N) is 1. The normalized spacial score (nSPS) is 10.7. The highest BCUT2D eigenvalue weighted by atomic mass is 32.2. The van der Waals surface area contributed by atoms with Gasteiger partial charge in [-0.2, -0.15) is 0 Å². The first kappa shape index (κ1) is 20.1. The molecule has 2 heterocycles. The van der Waals surface area contributed by atoms with E-state index in [1.54, 1.807) is 13.3 Å². The third-order valence-corrected chi connectivity index (χ3v) is 6.07. The van der Waals surface area contributed by atoms with Gasteiger partial charge >= 0.3 is 5.97 Å². The Morgan fingerprint density at radius 3 is 2.71 bits per heavy atom. The summed E-state index contributed by atoms with van der Waals surface area (Å²) in [5.74, 6) is -0.500. The summed E-state index contributed by atoms with van der Waals surface area (Å²) in [5.41, 5.74) is 2.18. The van der Waals surface area contributed by atoms with Gasteiger partial charge in [0, 0.05) is 10.6 Å². The number of rotatable bonds is 7. The Morgan fingerprint density at radius 1 is 1.25 bits per heavy atom. The Labute approximate surface area is 171 Å². The molecule has 0 aliphatic rings. The number of nitrogens with zero attached hydrogens (tertiary/aromatic N) is 3. The van der Waals surface area contributed by atoms with E-state index in [1.165, 1.54) is 23.1 Å². The van der Waals surface area contributed by atoms with Crippen LogP contribution in [0.4, 0.5) is 5.00 Å². The number of aryl methyl sites for hydroxylation is 1. The first-order valence-electron chi connectivity index (χ1n) is 8.66. The molecule has 0 saturated carbocycles. The molecule has 9 heteroatoms. The number of aromatic nitrogens is 3. The molecule has 0 unspecified atom stereocenters. The fourth-order valence-corrected chi connectivity index (χ4v) is 4.34. The lowest BCUT2D eigenvalue weighted by Gasteiger charge is -2.08. The maximum Gasteiger partial charge on any atom is 0.341 e. The van der Waals surface area contributed by atoms with Crippen LogP contribution in [0.5, 0.6) is 0 Å². The average Bonchev–Trinajstić information content (AvgIpc) is 3.26. The van der Waals surface area contributed by atoms with Gasteiger partial charge in [0.15, 0.2) is 5.16 Å². The number of amides is 1. The summed E-state index contributed by atoms with van der Waals surface area (Å²) in [6.45, 7) is 5.80. The Hall–Kier alpha value is -2.65. The number of hydrogen-bond acceptors (Lipinski definition) is 7. The third kappa shape index (κ3) is 4.42. The van der Waals surface area contributed by atoms with Crippen molar-refractivity contribution in [2.75, 3.05) is 17.7 Å². The van der Waals surface area contributed by atoms with Crippen molar-refractivity contribution in [3.8, 4) is 5.69 Å². The van der Waals surface area contributed by atoms with E-state index in [2.05, 4.69) is 15.5 Å². The van der Waals surface area contributed by atoms with Crippen molar-refractivity contribution >= 4 is 40.0 Å². The zero-order valence-corrected chi connectivity index (χ0v) is 17.4. The molecular weight excluding hydrogens is 396 g/mol. The quantitative estimate of drug-likeness (QED) is 0.465. The Balaban J connectivity index is 1.69. The molecule has 0 aliphatic heterocycles. The highest BCUT2D eigenvalue weighted by Gasteiger charge is 2.22. The molecule has 0 aliphatic carbocycles. The van der Waals surface area contributed by atoms with Gasteiger partial charge in [-0.15, -0.1) is 21.5 Å². The van der Waals surface area contributed by atoms with Crippen molar-refractivity contribution in [2.24, 2.45) is 0 Å². The minimum Gasteiger partial charge on any atom is -0.462 e. The monoisotopic (exact) mass is 416 g/mol. The summed E-state index contributed by atoms with van der Waals surface area (Å²) in [7, 11) is 0. The highest BCUT2D eigenvalue weighted by Crippen LogP contribution is 2.33. The molecule has 0 atom stereocenters. The van der Waals surface area contributed by atoms with Crippen LogP contribution >= 0.6 is 23.1 Å². The Kier molecular flexibility index (Phi) is 6.48. The molecule has 146 valence electrons. The molecule has 3 rings (SSSR count). The zero-order chi connectivity index (χ0) is 20.1. The third-order valence-electron chi connectivity index (χ3n) is 4.00. The number of hydrogen-bond donors (Lipinski definition) is 1. The van der Waals surface area contributed by atoms with Crippen molar-refractivity contribution in [1.82, 2.24) is 14.8 Å². The van der Waals surface area contributed by atoms with Crippen LogP contribution in [0, 0.1) is 13.8 Å². The van der Waals surface area contributed by atoms with E-state index in [9.17, 15) is 9.59 Å². The number of carbonyl (C=O) groups excluding carboxylic acids is 2. The molecule has 0 spiro atoms. The number of thiophene rings is 1. The standard InChI is InChI=1S/C19H20N4O3S2/c1-4-26-18(25)16-12(2)13(3)28-17(16)21-15(24)10-27-19-22-20-11-23(19)14-8-6-5-7-9-14/h5-9,11H,4,10H2,1-3H3,(H,21,24). The van der Waals surface area contributed by atoms with E-state index in [0.717, 1.165) is 16.1 Å². The summed E-state index contributed by atoms with van der Waals surface area (Å²) in [5, 5.41) is 12.0. The van der Waals surface area contributed by atoms with Gasteiger partial charge in [-0.1, -0.05) is 30.0 Å². The molecule has 1 aromatic carbocycles. The molecular formula is C19H20N4O3S2. The second-order valence-corrected chi connectivity index (χ2v) is 8.03. The maximum absolute atomic E-state index is 12.5. The lowest BCUT2D eigenvalue weighted by atomic mass is 10.1. The summed E-state index contributed by atoms with van der Waals surface area (Å²) in [4.78, 5) is 25.7. The van der Waals surface area contributed by atoms with Gasteiger partial charge in [-0.05, 0) is 38.5 Å². The molecule has 1 N–H and O–H groups in total. The number of carbonyl (C=O) groups is 2. The SMILES string of the molecule is CCOC(=O)c1c(NC(=O)CSc2nncn2-c2ccccc2)sc(C)c1C. The van der Waals surface area contributed by atoms with Gasteiger partial charge in [0.2, 0.25) is 5.91 Å². The number of para-hydroxylation sites is 1. The van der Waals surface area contributed by atoms with Crippen LogP contribution < -0.4 is 5.32 Å². The number of esters is 1. The van der Waals surface area contributed by atoms with Crippen LogP contribution in [0.1, 0.15) is 27.7 Å². The second kappa shape index (κ2) is 9.03. The van der Waals surface area contributed by atoms with Crippen LogP contribution in [-0.4, -0.2) is 39.0 Å². The van der Waals surface area contributed by atoms with Gasteiger partial charge in [0.1, 0.15) is 11.3 Å². The van der Waals surface area contributed by atoms with E-state index in [1.807, 2.05) is 48.7 Å². The Bertz CT molecular complexity index is 982. The zero-order valence-electron chi connectivity index (χ0n) is 15.8. The number of anilines is 1. The first-order chi connectivity index (χ1) is 13.5. The fraction of sp³-hybridized carbons (Fsp3) is 0.263. The summed E-state index contributed by atoms with van der Waals surface area (Å²) >= 11 is 2.65. The van der Waals surface area contributed by atoms with Gasteiger partial charge < -0.3 is 10.1 Å². The number of ether oxygens (including phenoxy) is 1. The number of thioether (sulfide) groups is 1. The fourth-order valence-electron chi connectivity index (χ4n) is 2.55. The first-order valence-corrected chi connectivity index (χ1v) is 10.5. The van der Waals surface area contributed by atoms with Crippen LogP contribution in [0.15, 0.2) is 41.8 Å². The molecule has 2 aromatic heterocycles. The van der Waals surface area contributed by atoms with Crippen LogP contribution in [0.3, 0.4) is 0 Å². The lowest BCUT2D eigenvalue weighted by Crippen LogP contribution is -2.16. The van der Waals surface area contributed by atoms with Crippen LogP contribution in [0.2, 0.25) is 0 Å². The average molecular weight is 417 g/mol. The largest absolute Gasteiger partial charge is 0.462 e. The maximum atomic E-state index is 12.5. The van der Waals surface area contributed by atoms with E-state index in [4.69, 9.17) is 4.74 Å². The smallest absolute Gasteiger partial charge is 0.341 e. The molecule has 0 bridgehead atoms. The molecule has 7 nitrogen and oxygen atoms in total. The van der Waals surface area contributed by atoms with E-state index >= 15 is 0 Å². The predicted octanol–water partition coefficient (Wildman–Crippen LogP) is 3.85. The van der Waals surface area contributed by atoms with Crippen molar-refractivity contribution in [1.29, 1.82) is 0 Å². The minimum atomic E-state index is -0.420. The second-order valence-electron chi connectivity index (χ2n) is 5.86. The van der Waals surface area contributed by atoms with Gasteiger partial charge in [-0.25, -0.2) is 4.79 Å². The molecule has 0 radical (unpaired) electrons. The lowest BCUT2D eigenvalue weighted by molar-refractivity contribution is -0.113. The van der Waals surface area contributed by atoms with Crippen molar-refractivity contribution in [3.63, 3.8) is 0 Å². The molecule has 1 amide bonds. The molecule has 28 heavy (non-hydrogen) atoms.